The van der Waals surface area contributed by atoms with Crippen LogP contribution >= 0.6 is 11.8 Å². The number of Topliss-reactive ketones (excluding diaryl/α,β-unsaturated/α-hetero) is 1. The summed E-state index contributed by atoms with van der Waals surface area (Å²) in [5, 5.41) is 18.5. The molecule has 0 saturated carbocycles. The fourth-order valence-electron chi connectivity index (χ4n) is 3.41. The normalized spacial score (nSPS) is 11.2. The number of rotatable bonds is 8. The van der Waals surface area contributed by atoms with E-state index in [-0.39, 0.29) is 11.5 Å². The van der Waals surface area contributed by atoms with Gasteiger partial charge in [-0.1, -0.05) is 60.3 Å². The van der Waals surface area contributed by atoms with E-state index in [2.05, 4.69) is 20.3 Å². The number of ketones is 1. The number of hydrogen-bond donors (Lipinski definition) is 0. The van der Waals surface area contributed by atoms with E-state index in [4.69, 9.17) is 5.10 Å². The highest BCUT2D eigenvalue weighted by atomic mass is 32.2. The van der Waals surface area contributed by atoms with Crippen LogP contribution in [0.25, 0.3) is 17.1 Å². The summed E-state index contributed by atoms with van der Waals surface area (Å²) in [7, 11) is 0. The average Bonchev–Trinajstić information content (AvgIpc) is 3.50. The SMILES string of the molecule is Cc1nn(-c2ccccc2)cc1/C=N/n1c(SCC(=O)c2ccccc2)nnc1-c1ccncc1. The van der Waals surface area contributed by atoms with Crippen molar-refractivity contribution in [3.05, 3.63) is 108 Å². The number of carbonyl (C=O) groups is 1. The van der Waals surface area contributed by atoms with E-state index < -0.39 is 0 Å². The van der Waals surface area contributed by atoms with Gasteiger partial charge in [0.15, 0.2) is 11.6 Å². The van der Waals surface area contributed by atoms with Crippen LogP contribution in [0.15, 0.2) is 102 Å². The van der Waals surface area contributed by atoms with Gasteiger partial charge < -0.3 is 0 Å². The molecule has 0 saturated heterocycles. The summed E-state index contributed by atoms with van der Waals surface area (Å²) in [5.74, 6) is 0.796. The third kappa shape index (κ3) is 5.10. The van der Waals surface area contributed by atoms with E-state index in [9.17, 15) is 4.79 Å². The van der Waals surface area contributed by atoms with Crippen molar-refractivity contribution >= 4 is 23.8 Å². The Balaban J connectivity index is 1.45. The molecule has 3 heterocycles. The first-order valence-electron chi connectivity index (χ1n) is 10.9. The van der Waals surface area contributed by atoms with Gasteiger partial charge in [-0.25, -0.2) is 4.68 Å². The number of carbonyl (C=O) groups excluding carboxylic acids is 1. The number of aromatic nitrogens is 6. The van der Waals surface area contributed by atoms with Crippen LogP contribution < -0.4 is 0 Å². The van der Waals surface area contributed by atoms with Crippen molar-refractivity contribution in [3.63, 3.8) is 0 Å². The van der Waals surface area contributed by atoms with E-state index in [0.29, 0.717) is 16.5 Å². The molecule has 0 aliphatic rings. The topological polar surface area (TPSA) is 90.8 Å². The number of para-hydroxylation sites is 1. The highest BCUT2D eigenvalue weighted by Crippen LogP contribution is 2.24. The highest BCUT2D eigenvalue weighted by Gasteiger charge is 2.16. The molecule has 35 heavy (non-hydrogen) atoms. The lowest BCUT2D eigenvalue weighted by molar-refractivity contribution is 0.102. The van der Waals surface area contributed by atoms with E-state index in [1.807, 2.05) is 78.5 Å². The Kier molecular flexibility index (Phi) is 6.58. The molecule has 172 valence electrons. The third-order valence-electron chi connectivity index (χ3n) is 5.25. The fourth-order valence-corrected chi connectivity index (χ4v) is 4.19. The zero-order valence-electron chi connectivity index (χ0n) is 18.9. The molecule has 5 rings (SSSR count). The Morgan fingerprint density at radius 2 is 1.69 bits per heavy atom. The first kappa shape index (κ1) is 22.4. The van der Waals surface area contributed by atoms with Crippen molar-refractivity contribution in [3.8, 4) is 17.1 Å². The van der Waals surface area contributed by atoms with Crippen LogP contribution in [0.1, 0.15) is 21.6 Å². The van der Waals surface area contributed by atoms with Gasteiger partial charge in [0.2, 0.25) is 5.16 Å². The summed E-state index contributed by atoms with van der Waals surface area (Å²) < 4.78 is 3.47. The summed E-state index contributed by atoms with van der Waals surface area (Å²) >= 11 is 1.30. The molecular weight excluding hydrogens is 458 g/mol. The standard InChI is InChI=1S/C26H21N7OS/c1-19-22(17-32(31-19)23-10-6-3-7-11-23)16-28-33-25(21-12-14-27-15-13-21)29-30-26(33)35-18-24(34)20-8-4-2-5-9-20/h2-17H,18H2,1H3/b28-16+. The molecule has 0 atom stereocenters. The molecule has 2 aromatic carbocycles. The van der Waals surface area contributed by atoms with Gasteiger partial charge in [-0.3, -0.25) is 9.78 Å². The minimum absolute atomic E-state index is 0.0135. The minimum atomic E-state index is 0.0135. The molecule has 0 unspecified atom stereocenters. The monoisotopic (exact) mass is 479 g/mol. The smallest absolute Gasteiger partial charge is 0.212 e. The molecular formula is C26H21N7OS. The predicted molar refractivity (Wildman–Crippen MR) is 136 cm³/mol. The lowest BCUT2D eigenvalue weighted by Crippen LogP contribution is -2.04. The maximum atomic E-state index is 12.6. The van der Waals surface area contributed by atoms with Gasteiger partial charge in [0, 0.05) is 35.3 Å². The van der Waals surface area contributed by atoms with Gasteiger partial charge in [0.05, 0.1) is 23.3 Å². The second-order valence-electron chi connectivity index (χ2n) is 7.63. The molecule has 8 nitrogen and oxygen atoms in total. The molecule has 3 aromatic heterocycles. The second-order valence-corrected chi connectivity index (χ2v) is 8.57. The zero-order chi connectivity index (χ0) is 24.0. The largest absolute Gasteiger partial charge is 0.293 e. The summed E-state index contributed by atoms with van der Waals surface area (Å²) in [5.41, 5.74) is 4.15. The Labute approximate surface area is 206 Å². The van der Waals surface area contributed by atoms with Crippen LogP contribution in [-0.4, -0.2) is 47.4 Å². The molecule has 9 heteroatoms. The Hall–Kier alpha value is -4.37. The molecule has 0 radical (unpaired) electrons. The maximum Gasteiger partial charge on any atom is 0.212 e. The summed E-state index contributed by atoms with van der Waals surface area (Å²) in [6.45, 7) is 1.94. The number of nitrogens with zero attached hydrogens (tertiary/aromatic N) is 7. The molecule has 0 N–H and O–H groups in total. The van der Waals surface area contributed by atoms with Crippen molar-refractivity contribution in [2.75, 3.05) is 5.75 Å². The van der Waals surface area contributed by atoms with Crippen LogP contribution in [0.2, 0.25) is 0 Å². The second kappa shape index (κ2) is 10.3. The number of pyridine rings is 1. The van der Waals surface area contributed by atoms with E-state index >= 15 is 0 Å². The average molecular weight is 480 g/mol. The third-order valence-corrected chi connectivity index (χ3v) is 6.17. The first-order chi connectivity index (χ1) is 17.2. The zero-order valence-corrected chi connectivity index (χ0v) is 19.7. The van der Waals surface area contributed by atoms with Crippen LogP contribution in [0.3, 0.4) is 0 Å². The van der Waals surface area contributed by atoms with Crippen molar-refractivity contribution in [2.45, 2.75) is 12.1 Å². The van der Waals surface area contributed by atoms with Gasteiger partial charge in [0.25, 0.3) is 0 Å². The van der Waals surface area contributed by atoms with Gasteiger partial charge in [-0.05, 0) is 31.2 Å². The highest BCUT2D eigenvalue weighted by molar-refractivity contribution is 7.99. The van der Waals surface area contributed by atoms with Gasteiger partial charge in [0.1, 0.15) is 0 Å². The number of thioether (sulfide) groups is 1. The molecule has 0 amide bonds. The van der Waals surface area contributed by atoms with Crippen LogP contribution in [-0.2, 0) is 0 Å². The molecule has 0 aliphatic carbocycles. The molecule has 5 aromatic rings. The van der Waals surface area contributed by atoms with Crippen molar-refractivity contribution < 1.29 is 4.79 Å². The summed E-state index contributed by atoms with van der Waals surface area (Å²) in [4.78, 5) is 16.7. The summed E-state index contributed by atoms with van der Waals surface area (Å²) in [6.07, 6.45) is 7.05. The van der Waals surface area contributed by atoms with Gasteiger partial charge >= 0.3 is 0 Å². The van der Waals surface area contributed by atoms with Crippen molar-refractivity contribution in [2.24, 2.45) is 5.10 Å². The molecule has 0 spiro atoms. The Morgan fingerprint density at radius 1 is 0.971 bits per heavy atom. The van der Waals surface area contributed by atoms with Gasteiger partial charge in [-0.2, -0.15) is 14.9 Å². The van der Waals surface area contributed by atoms with E-state index in [1.165, 1.54) is 11.8 Å². The van der Waals surface area contributed by atoms with Crippen LogP contribution in [0.5, 0.6) is 0 Å². The predicted octanol–water partition coefficient (Wildman–Crippen LogP) is 4.69. The minimum Gasteiger partial charge on any atom is -0.293 e. The van der Waals surface area contributed by atoms with E-state index in [0.717, 1.165) is 22.5 Å². The fraction of sp³-hybridized carbons (Fsp3) is 0.0769. The Morgan fingerprint density at radius 3 is 2.43 bits per heavy atom. The molecule has 0 bridgehead atoms. The quantitative estimate of drug-likeness (QED) is 0.182. The van der Waals surface area contributed by atoms with Crippen LogP contribution in [0, 0.1) is 6.92 Å². The van der Waals surface area contributed by atoms with E-state index in [1.54, 1.807) is 35.4 Å². The van der Waals surface area contributed by atoms with Crippen LogP contribution in [0.4, 0.5) is 0 Å². The molecule has 0 aliphatic heterocycles. The number of aryl methyl sites for hydroxylation is 1. The number of benzene rings is 2. The summed E-state index contributed by atoms with van der Waals surface area (Å²) in [6, 6.07) is 22.8. The lowest BCUT2D eigenvalue weighted by atomic mass is 10.2. The van der Waals surface area contributed by atoms with Crippen molar-refractivity contribution in [1.82, 2.24) is 29.6 Å². The maximum absolute atomic E-state index is 12.6. The number of hydrogen-bond acceptors (Lipinski definition) is 7. The van der Waals surface area contributed by atoms with Crippen molar-refractivity contribution in [1.29, 1.82) is 0 Å². The lowest BCUT2D eigenvalue weighted by Gasteiger charge is -2.04. The Bertz CT molecular complexity index is 1460. The first-order valence-corrected chi connectivity index (χ1v) is 11.9. The molecule has 0 fully saturated rings. The van der Waals surface area contributed by atoms with Gasteiger partial charge in [-0.15, -0.1) is 10.2 Å².